The van der Waals surface area contributed by atoms with Gasteiger partial charge < -0.3 is 8.43 Å². The molecule has 0 aliphatic heterocycles. The van der Waals surface area contributed by atoms with Gasteiger partial charge in [-0.25, -0.2) is 0 Å². The standard InChI is InChI=1S/C7H13IN2/c1-4-10(5-2)7(3)6-9-8/h4,6,9H,1,5H2,2-3H3/b7-6+. The van der Waals surface area contributed by atoms with E-state index in [2.05, 4.69) is 44.8 Å². The number of hydrogen-bond acceptors (Lipinski definition) is 2. The quantitative estimate of drug-likeness (QED) is 0.609. The van der Waals surface area contributed by atoms with Crippen molar-refractivity contribution in [1.29, 1.82) is 0 Å². The highest BCUT2D eigenvalue weighted by Gasteiger charge is 1.94. The van der Waals surface area contributed by atoms with E-state index < -0.39 is 0 Å². The minimum atomic E-state index is 0.962. The molecule has 0 aromatic carbocycles. The van der Waals surface area contributed by atoms with E-state index in [0.717, 1.165) is 6.54 Å². The van der Waals surface area contributed by atoms with Gasteiger partial charge >= 0.3 is 0 Å². The predicted molar refractivity (Wildman–Crippen MR) is 53.5 cm³/mol. The lowest BCUT2D eigenvalue weighted by Gasteiger charge is -2.17. The fourth-order valence-electron chi connectivity index (χ4n) is 0.684. The van der Waals surface area contributed by atoms with Crippen LogP contribution in [0.3, 0.4) is 0 Å². The Morgan fingerprint density at radius 3 is 2.70 bits per heavy atom. The summed E-state index contributed by atoms with van der Waals surface area (Å²) >= 11 is 2.08. The Labute approximate surface area is 76.5 Å². The van der Waals surface area contributed by atoms with Crippen molar-refractivity contribution in [1.82, 2.24) is 8.43 Å². The number of nitrogens with zero attached hydrogens (tertiary/aromatic N) is 1. The summed E-state index contributed by atoms with van der Waals surface area (Å²) in [5, 5.41) is 0. The van der Waals surface area contributed by atoms with Crippen molar-refractivity contribution in [3.63, 3.8) is 0 Å². The van der Waals surface area contributed by atoms with Gasteiger partial charge in [0.15, 0.2) is 0 Å². The van der Waals surface area contributed by atoms with Crippen molar-refractivity contribution in [3.8, 4) is 0 Å². The van der Waals surface area contributed by atoms with Gasteiger partial charge in [0, 0.05) is 18.4 Å². The molecule has 0 radical (unpaired) electrons. The molecule has 0 atom stereocenters. The van der Waals surface area contributed by atoms with Gasteiger partial charge in [0.2, 0.25) is 0 Å². The zero-order valence-corrected chi connectivity index (χ0v) is 8.55. The smallest absolute Gasteiger partial charge is 0.0555 e. The Morgan fingerprint density at radius 1 is 1.80 bits per heavy atom. The molecule has 0 aliphatic rings. The lowest BCUT2D eigenvalue weighted by molar-refractivity contribution is 0.492. The molecule has 0 aromatic rings. The first-order valence-corrected chi connectivity index (χ1v) is 4.26. The Morgan fingerprint density at radius 2 is 2.40 bits per heavy atom. The molecule has 0 fully saturated rings. The summed E-state index contributed by atoms with van der Waals surface area (Å²) in [4.78, 5) is 2.06. The maximum Gasteiger partial charge on any atom is 0.0555 e. The van der Waals surface area contributed by atoms with Crippen LogP contribution in [0.4, 0.5) is 0 Å². The molecule has 10 heavy (non-hydrogen) atoms. The van der Waals surface area contributed by atoms with Gasteiger partial charge in [-0.05, 0) is 20.0 Å². The number of halogens is 1. The molecule has 0 aliphatic carbocycles. The highest BCUT2D eigenvalue weighted by molar-refractivity contribution is 14.1. The molecule has 2 nitrogen and oxygen atoms in total. The molecule has 1 N–H and O–H groups in total. The van der Waals surface area contributed by atoms with Crippen LogP contribution in [0.2, 0.25) is 0 Å². The van der Waals surface area contributed by atoms with Crippen molar-refractivity contribution >= 4 is 22.9 Å². The lowest BCUT2D eigenvalue weighted by atomic mass is 10.4. The van der Waals surface area contributed by atoms with Crippen LogP contribution in [0.25, 0.3) is 0 Å². The molecule has 3 heteroatoms. The summed E-state index contributed by atoms with van der Waals surface area (Å²) in [6.45, 7) is 8.78. The minimum Gasteiger partial charge on any atom is -0.351 e. The second kappa shape index (κ2) is 5.58. The van der Waals surface area contributed by atoms with E-state index in [-0.39, 0.29) is 0 Å². The first kappa shape index (κ1) is 9.81. The Balaban J connectivity index is 4.00. The Hall–Kier alpha value is -0.190. The molecule has 0 amide bonds. The first-order valence-electron chi connectivity index (χ1n) is 3.18. The molecule has 0 spiro atoms. The zero-order chi connectivity index (χ0) is 7.98. The Kier molecular flexibility index (Phi) is 5.48. The molecule has 0 saturated carbocycles. The molecule has 0 saturated heterocycles. The van der Waals surface area contributed by atoms with E-state index >= 15 is 0 Å². The molecule has 0 bridgehead atoms. The van der Waals surface area contributed by atoms with Crippen LogP contribution in [0.15, 0.2) is 24.7 Å². The summed E-state index contributed by atoms with van der Waals surface area (Å²) in [6, 6.07) is 0. The first-order chi connectivity index (χ1) is 4.76. The van der Waals surface area contributed by atoms with E-state index in [0.29, 0.717) is 0 Å². The van der Waals surface area contributed by atoms with Gasteiger partial charge in [0.05, 0.1) is 22.9 Å². The van der Waals surface area contributed by atoms with E-state index in [1.54, 1.807) is 0 Å². The fraction of sp³-hybridized carbons (Fsp3) is 0.429. The zero-order valence-electron chi connectivity index (χ0n) is 6.39. The SMILES string of the molecule is C=CN(CC)/C(C)=C/NI. The summed E-state index contributed by atoms with van der Waals surface area (Å²) < 4.78 is 2.94. The normalized spacial score (nSPS) is 10.9. The number of hydrogen-bond donors (Lipinski definition) is 1. The third kappa shape index (κ3) is 3.10. The van der Waals surface area contributed by atoms with Gasteiger partial charge in [-0.15, -0.1) is 0 Å². The second-order valence-corrected chi connectivity index (χ2v) is 2.49. The van der Waals surface area contributed by atoms with Crippen LogP contribution < -0.4 is 3.53 Å². The maximum atomic E-state index is 3.69. The van der Waals surface area contributed by atoms with E-state index in [9.17, 15) is 0 Å². The average molecular weight is 252 g/mol. The number of rotatable bonds is 4. The molecule has 58 valence electrons. The van der Waals surface area contributed by atoms with Crippen molar-refractivity contribution in [2.75, 3.05) is 6.54 Å². The maximum absolute atomic E-state index is 3.69. The molecular weight excluding hydrogens is 239 g/mol. The highest BCUT2D eigenvalue weighted by Crippen LogP contribution is 2.01. The van der Waals surface area contributed by atoms with Crippen molar-refractivity contribution < 1.29 is 0 Å². The van der Waals surface area contributed by atoms with Gasteiger partial charge in [0.1, 0.15) is 0 Å². The summed E-state index contributed by atoms with van der Waals surface area (Å²) in [6.07, 6.45) is 3.76. The molecule has 0 heterocycles. The Bertz CT molecular complexity index is 132. The lowest BCUT2D eigenvalue weighted by Crippen LogP contribution is -2.14. The molecule has 0 unspecified atom stereocenters. The fourth-order valence-corrected chi connectivity index (χ4v) is 1.14. The second-order valence-electron chi connectivity index (χ2n) is 1.86. The van der Waals surface area contributed by atoms with Gasteiger partial charge in [-0.1, -0.05) is 6.58 Å². The average Bonchev–Trinajstić information content (AvgIpc) is 1.91. The van der Waals surface area contributed by atoms with Crippen molar-refractivity contribution in [2.24, 2.45) is 0 Å². The van der Waals surface area contributed by atoms with Crippen molar-refractivity contribution in [2.45, 2.75) is 13.8 Å². The van der Waals surface area contributed by atoms with Crippen LogP contribution in [0.5, 0.6) is 0 Å². The third-order valence-electron chi connectivity index (χ3n) is 1.28. The summed E-state index contributed by atoms with van der Waals surface area (Å²) in [5.74, 6) is 0. The van der Waals surface area contributed by atoms with Gasteiger partial charge in [-0.3, -0.25) is 0 Å². The third-order valence-corrected chi connectivity index (χ3v) is 1.59. The monoisotopic (exact) mass is 252 g/mol. The van der Waals surface area contributed by atoms with Crippen LogP contribution in [0.1, 0.15) is 13.8 Å². The summed E-state index contributed by atoms with van der Waals surface area (Å²) in [7, 11) is 0. The van der Waals surface area contributed by atoms with E-state index in [1.807, 2.05) is 19.3 Å². The summed E-state index contributed by atoms with van der Waals surface area (Å²) in [5.41, 5.74) is 1.17. The largest absolute Gasteiger partial charge is 0.351 e. The van der Waals surface area contributed by atoms with Gasteiger partial charge in [0.25, 0.3) is 0 Å². The molecule has 0 rings (SSSR count). The minimum absolute atomic E-state index is 0.962. The predicted octanol–water partition coefficient (Wildman–Crippen LogP) is 2.25. The topological polar surface area (TPSA) is 15.3 Å². The highest BCUT2D eigenvalue weighted by atomic mass is 127. The van der Waals surface area contributed by atoms with Crippen LogP contribution in [-0.4, -0.2) is 11.4 Å². The van der Waals surface area contributed by atoms with Crippen LogP contribution >= 0.6 is 22.9 Å². The number of nitrogens with one attached hydrogen (secondary N) is 1. The van der Waals surface area contributed by atoms with Crippen molar-refractivity contribution in [3.05, 3.63) is 24.7 Å². The van der Waals surface area contributed by atoms with E-state index in [1.165, 1.54) is 5.70 Å². The van der Waals surface area contributed by atoms with Gasteiger partial charge in [-0.2, -0.15) is 0 Å². The van der Waals surface area contributed by atoms with E-state index in [4.69, 9.17) is 0 Å². The van der Waals surface area contributed by atoms with Crippen LogP contribution in [-0.2, 0) is 0 Å². The molecular formula is C7H13IN2. The molecule has 0 aromatic heterocycles. The number of allylic oxidation sites excluding steroid dienone is 1. The van der Waals surface area contributed by atoms with Crippen LogP contribution in [0, 0.1) is 0 Å².